The fourth-order valence-electron chi connectivity index (χ4n) is 1.74. The summed E-state index contributed by atoms with van der Waals surface area (Å²) in [5, 5.41) is 19.0. The zero-order chi connectivity index (χ0) is 13.1. The van der Waals surface area contributed by atoms with Crippen molar-refractivity contribution in [3.8, 4) is 5.75 Å². The van der Waals surface area contributed by atoms with Crippen molar-refractivity contribution in [2.75, 3.05) is 0 Å². The topological polar surface area (TPSA) is 40.5 Å². The maximum absolute atomic E-state index is 13.4. The molecule has 0 heterocycles. The number of rotatable bonds is 3. The standard InChI is InChI=1S/C14H12F2O2/c15-12-3-1-2-11(14(12)16)13(18)8-9-4-6-10(17)7-5-9/h1-7,13,17-18H,8H2. The van der Waals surface area contributed by atoms with Gasteiger partial charge in [-0.3, -0.25) is 0 Å². The summed E-state index contributed by atoms with van der Waals surface area (Å²) in [4.78, 5) is 0. The van der Waals surface area contributed by atoms with Gasteiger partial charge in [-0.2, -0.15) is 0 Å². The Balaban J connectivity index is 2.19. The minimum atomic E-state index is -1.12. The Morgan fingerprint density at radius 3 is 2.33 bits per heavy atom. The summed E-state index contributed by atoms with van der Waals surface area (Å²) in [6, 6.07) is 9.91. The van der Waals surface area contributed by atoms with Crippen molar-refractivity contribution in [2.24, 2.45) is 0 Å². The van der Waals surface area contributed by atoms with Gasteiger partial charge in [-0.1, -0.05) is 24.3 Å². The minimum absolute atomic E-state index is 0.0666. The van der Waals surface area contributed by atoms with Crippen LogP contribution in [0.25, 0.3) is 0 Å². The van der Waals surface area contributed by atoms with Crippen LogP contribution in [-0.4, -0.2) is 10.2 Å². The first kappa shape index (κ1) is 12.5. The van der Waals surface area contributed by atoms with Crippen LogP contribution < -0.4 is 0 Å². The lowest BCUT2D eigenvalue weighted by molar-refractivity contribution is 0.172. The number of phenols is 1. The molecule has 2 aromatic carbocycles. The molecule has 0 radical (unpaired) electrons. The van der Waals surface area contributed by atoms with Gasteiger partial charge < -0.3 is 10.2 Å². The molecule has 2 aromatic rings. The van der Waals surface area contributed by atoms with Gasteiger partial charge in [0, 0.05) is 12.0 Å². The molecular weight excluding hydrogens is 238 g/mol. The molecular formula is C14H12F2O2. The molecule has 18 heavy (non-hydrogen) atoms. The van der Waals surface area contributed by atoms with Crippen molar-refractivity contribution >= 4 is 0 Å². The van der Waals surface area contributed by atoms with Gasteiger partial charge in [-0.05, 0) is 23.8 Å². The molecule has 2 N–H and O–H groups in total. The lowest BCUT2D eigenvalue weighted by Gasteiger charge is -2.12. The number of aliphatic hydroxyl groups is 1. The van der Waals surface area contributed by atoms with Crippen LogP contribution in [0.1, 0.15) is 17.2 Å². The van der Waals surface area contributed by atoms with Crippen molar-refractivity contribution in [1.29, 1.82) is 0 Å². The average molecular weight is 250 g/mol. The molecule has 2 nitrogen and oxygen atoms in total. The summed E-state index contributed by atoms with van der Waals surface area (Å²) in [5.74, 6) is -1.88. The van der Waals surface area contributed by atoms with Gasteiger partial charge in [0.25, 0.3) is 0 Å². The zero-order valence-corrected chi connectivity index (χ0v) is 9.48. The molecule has 94 valence electrons. The van der Waals surface area contributed by atoms with Crippen LogP contribution in [0.15, 0.2) is 42.5 Å². The summed E-state index contributed by atoms with van der Waals surface area (Å²) >= 11 is 0. The van der Waals surface area contributed by atoms with Gasteiger partial charge in [-0.15, -0.1) is 0 Å². The largest absolute Gasteiger partial charge is 0.508 e. The van der Waals surface area contributed by atoms with Crippen LogP contribution in [0.4, 0.5) is 8.78 Å². The first-order valence-corrected chi connectivity index (χ1v) is 5.48. The number of phenolic OH excluding ortho intramolecular Hbond substituents is 1. The monoisotopic (exact) mass is 250 g/mol. The van der Waals surface area contributed by atoms with E-state index in [4.69, 9.17) is 5.11 Å². The second-order valence-corrected chi connectivity index (χ2v) is 4.03. The molecule has 0 saturated carbocycles. The Kier molecular flexibility index (Phi) is 3.58. The number of aromatic hydroxyl groups is 1. The smallest absolute Gasteiger partial charge is 0.164 e. The van der Waals surface area contributed by atoms with Gasteiger partial charge in [0.15, 0.2) is 11.6 Å². The summed E-state index contributed by atoms with van der Waals surface area (Å²) in [7, 11) is 0. The number of aliphatic hydroxyl groups excluding tert-OH is 1. The van der Waals surface area contributed by atoms with Gasteiger partial charge >= 0.3 is 0 Å². The van der Waals surface area contributed by atoms with Crippen molar-refractivity contribution < 1.29 is 19.0 Å². The van der Waals surface area contributed by atoms with Crippen LogP contribution in [0.2, 0.25) is 0 Å². The third-order valence-electron chi connectivity index (χ3n) is 2.71. The highest BCUT2D eigenvalue weighted by Gasteiger charge is 2.16. The molecule has 1 unspecified atom stereocenters. The summed E-state index contributed by atoms with van der Waals surface area (Å²) in [6.45, 7) is 0. The minimum Gasteiger partial charge on any atom is -0.508 e. The molecule has 0 aromatic heterocycles. The molecule has 0 saturated heterocycles. The van der Waals surface area contributed by atoms with E-state index < -0.39 is 17.7 Å². The third kappa shape index (κ3) is 2.65. The maximum atomic E-state index is 13.4. The molecule has 2 rings (SSSR count). The van der Waals surface area contributed by atoms with Crippen LogP contribution in [0.3, 0.4) is 0 Å². The summed E-state index contributed by atoms with van der Waals surface area (Å²) in [6.07, 6.45) is -0.967. The Hall–Kier alpha value is -1.94. The van der Waals surface area contributed by atoms with Crippen LogP contribution in [0.5, 0.6) is 5.75 Å². The average Bonchev–Trinajstić information content (AvgIpc) is 2.35. The van der Waals surface area contributed by atoms with Gasteiger partial charge in [0.05, 0.1) is 6.10 Å². The first-order chi connectivity index (χ1) is 8.58. The van der Waals surface area contributed by atoms with E-state index >= 15 is 0 Å². The predicted molar refractivity (Wildman–Crippen MR) is 63.1 cm³/mol. The molecule has 0 bridgehead atoms. The van der Waals surface area contributed by atoms with E-state index in [0.717, 1.165) is 11.6 Å². The number of halogens is 2. The Morgan fingerprint density at radius 2 is 1.67 bits per heavy atom. The van der Waals surface area contributed by atoms with E-state index in [1.54, 1.807) is 12.1 Å². The second kappa shape index (κ2) is 5.14. The lowest BCUT2D eigenvalue weighted by atomic mass is 10.0. The van der Waals surface area contributed by atoms with Crippen molar-refractivity contribution in [2.45, 2.75) is 12.5 Å². The predicted octanol–water partition coefficient (Wildman–Crippen LogP) is 2.95. The Labute approximate surface area is 103 Å². The molecule has 0 aliphatic rings. The number of hydrogen-bond acceptors (Lipinski definition) is 2. The van der Waals surface area contributed by atoms with E-state index in [1.165, 1.54) is 24.3 Å². The van der Waals surface area contributed by atoms with Gasteiger partial charge in [0.1, 0.15) is 5.75 Å². The quantitative estimate of drug-likeness (QED) is 0.879. The van der Waals surface area contributed by atoms with Crippen molar-refractivity contribution in [3.05, 3.63) is 65.2 Å². The number of hydrogen-bond donors (Lipinski definition) is 2. The lowest BCUT2D eigenvalue weighted by Crippen LogP contribution is -2.05. The fraction of sp³-hybridized carbons (Fsp3) is 0.143. The summed E-state index contributed by atoms with van der Waals surface area (Å²) < 4.78 is 26.5. The Bertz CT molecular complexity index is 538. The maximum Gasteiger partial charge on any atom is 0.164 e. The van der Waals surface area contributed by atoms with E-state index in [1.807, 2.05) is 0 Å². The van der Waals surface area contributed by atoms with E-state index in [0.29, 0.717) is 0 Å². The van der Waals surface area contributed by atoms with Gasteiger partial charge in [0.2, 0.25) is 0 Å². The first-order valence-electron chi connectivity index (χ1n) is 5.48. The van der Waals surface area contributed by atoms with Crippen LogP contribution in [-0.2, 0) is 6.42 Å². The highest BCUT2D eigenvalue weighted by molar-refractivity contribution is 5.28. The van der Waals surface area contributed by atoms with Crippen molar-refractivity contribution in [1.82, 2.24) is 0 Å². The van der Waals surface area contributed by atoms with Crippen LogP contribution in [0, 0.1) is 11.6 Å². The third-order valence-corrected chi connectivity index (χ3v) is 2.71. The Morgan fingerprint density at radius 1 is 1.00 bits per heavy atom. The molecule has 0 amide bonds. The van der Waals surface area contributed by atoms with Crippen molar-refractivity contribution in [3.63, 3.8) is 0 Å². The SMILES string of the molecule is Oc1ccc(CC(O)c2cccc(F)c2F)cc1. The molecule has 0 spiro atoms. The zero-order valence-electron chi connectivity index (χ0n) is 9.48. The fourth-order valence-corrected chi connectivity index (χ4v) is 1.74. The number of benzene rings is 2. The van der Waals surface area contributed by atoms with Gasteiger partial charge in [-0.25, -0.2) is 8.78 Å². The highest BCUT2D eigenvalue weighted by Crippen LogP contribution is 2.23. The van der Waals surface area contributed by atoms with E-state index in [-0.39, 0.29) is 17.7 Å². The van der Waals surface area contributed by atoms with E-state index in [2.05, 4.69) is 0 Å². The molecule has 1 atom stereocenters. The summed E-state index contributed by atoms with van der Waals surface area (Å²) in [5.41, 5.74) is 0.659. The second-order valence-electron chi connectivity index (χ2n) is 4.03. The molecule has 0 aliphatic heterocycles. The molecule has 4 heteroatoms. The van der Waals surface area contributed by atoms with E-state index in [9.17, 15) is 13.9 Å². The normalized spacial score (nSPS) is 12.4. The molecule has 0 aliphatic carbocycles. The molecule has 0 fully saturated rings. The highest BCUT2D eigenvalue weighted by atomic mass is 19.2. The van der Waals surface area contributed by atoms with Crippen LogP contribution >= 0.6 is 0 Å².